The molecule has 7 heteroatoms. The van der Waals surface area contributed by atoms with Crippen molar-refractivity contribution < 1.29 is 14.3 Å². The van der Waals surface area contributed by atoms with E-state index in [0.29, 0.717) is 11.4 Å². The average Bonchev–Trinajstić information content (AvgIpc) is 2.92. The molecule has 0 spiro atoms. The third-order valence-corrected chi connectivity index (χ3v) is 7.79. The number of nitrogens with zero attached hydrogens (tertiary/aromatic N) is 1. The molecule has 4 aromatic rings. The average molecular weight is 513 g/mol. The molecule has 0 fully saturated rings. The van der Waals surface area contributed by atoms with Crippen LogP contribution in [0, 0.1) is 0 Å². The number of nitrogens with one attached hydrogen (secondary N) is 1. The van der Waals surface area contributed by atoms with Gasteiger partial charge in [-0.15, -0.1) is 11.8 Å². The van der Waals surface area contributed by atoms with Gasteiger partial charge >= 0.3 is 0 Å². The molecule has 1 atom stereocenters. The van der Waals surface area contributed by atoms with Gasteiger partial charge in [0.25, 0.3) is 5.91 Å². The number of carbonyl (C=O) groups is 2. The van der Waals surface area contributed by atoms with Crippen LogP contribution in [0.15, 0.2) is 118 Å². The number of hydrogen-bond donors (Lipinski definition) is 1. The Morgan fingerprint density at radius 3 is 2.06 bits per heavy atom. The second-order valence-corrected chi connectivity index (χ2v) is 10.6. The standard InChI is InChI=1S/C29H24N2O3S2/c1-20(29(33)31-24-11-5-7-13-26(24)36-27-14-8-6-12-25(27)31)35-23-17-15-21(16-18-23)30-28(32)19-34-22-9-3-2-4-10-22/h2-18,20H,19H2,1H3,(H,30,32). The van der Waals surface area contributed by atoms with Crippen LogP contribution in [0.4, 0.5) is 17.1 Å². The van der Waals surface area contributed by atoms with Crippen LogP contribution in [-0.4, -0.2) is 23.7 Å². The lowest BCUT2D eigenvalue weighted by Crippen LogP contribution is -2.34. The van der Waals surface area contributed by atoms with Crippen LogP contribution < -0.4 is 15.0 Å². The van der Waals surface area contributed by atoms with Gasteiger partial charge in [-0.3, -0.25) is 14.5 Å². The second kappa shape index (κ2) is 10.9. The van der Waals surface area contributed by atoms with E-state index in [2.05, 4.69) is 5.32 Å². The minimum absolute atomic E-state index is 0.0237. The summed E-state index contributed by atoms with van der Waals surface area (Å²) in [5, 5.41) is 2.53. The molecule has 5 rings (SSSR count). The zero-order valence-corrected chi connectivity index (χ0v) is 21.2. The molecule has 180 valence electrons. The molecule has 5 nitrogen and oxygen atoms in total. The summed E-state index contributed by atoms with van der Waals surface area (Å²) < 4.78 is 5.49. The van der Waals surface area contributed by atoms with Crippen LogP contribution in [0.5, 0.6) is 5.75 Å². The van der Waals surface area contributed by atoms with E-state index in [9.17, 15) is 9.59 Å². The molecular formula is C29H24N2O3S2. The van der Waals surface area contributed by atoms with Gasteiger partial charge in [0.05, 0.1) is 16.6 Å². The highest BCUT2D eigenvalue weighted by atomic mass is 32.2. The third-order valence-electron chi connectivity index (χ3n) is 5.56. The van der Waals surface area contributed by atoms with Gasteiger partial charge in [0.1, 0.15) is 5.75 Å². The Balaban J connectivity index is 1.23. The van der Waals surface area contributed by atoms with Crippen molar-refractivity contribution in [2.24, 2.45) is 0 Å². The fourth-order valence-corrected chi connectivity index (χ4v) is 5.82. The van der Waals surface area contributed by atoms with E-state index in [1.165, 1.54) is 11.8 Å². The van der Waals surface area contributed by atoms with Crippen molar-refractivity contribution in [2.75, 3.05) is 16.8 Å². The first-order valence-electron chi connectivity index (χ1n) is 11.5. The molecule has 0 saturated heterocycles. The summed E-state index contributed by atoms with van der Waals surface area (Å²) in [5.74, 6) is 0.439. The second-order valence-electron chi connectivity index (χ2n) is 8.15. The highest BCUT2D eigenvalue weighted by molar-refractivity contribution is 8.00. The smallest absolute Gasteiger partial charge is 0.262 e. The number of carbonyl (C=O) groups excluding carboxylic acids is 2. The Morgan fingerprint density at radius 2 is 1.42 bits per heavy atom. The van der Waals surface area contributed by atoms with Crippen molar-refractivity contribution in [3.63, 3.8) is 0 Å². The molecule has 1 aliphatic heterocycles. The molecule has 0 aliphatic carbocycles. The number of ether oxygens (including phenoxy) is 1. The molecule has 1 heterocycles. The van der Waals surface area contributed by atoms with E-state index in [-0.39, 0.29) is 23.7 Å². The van der Waals surface area contributed by atoms with Gasteiger partial charge in [0.2, 0.25) is 5.91 Å². The zero-order valence-electron chi connectivity index (χ0n) is 19.6. The first-order chi connectivity index (χ1) is 17.6. The Morgan fingerprint density at radius 1 is 0.833 bits per heavy atom. The van der Waals surface area contributed by atoms with Crippen molar-refractivity contribution >= 4 is 52.4 Å². The maximum absolute atomic E-state index is 13.7. The van der Waals surface area contributed by atoms with E-state index in [4.69, 9.17) is 4.74 Å². The van der Waals surface area contributed by atoms with E-state index >= 15 is 0 Å². The Kier molecular flexibility index (Phi) is 7.30. The van der Waals surface area contributed by atoms with Gasteiger partial charge in [0, 0.05) is 20.4 Å². The normalized spacial score (nSPS) is 12.8. The summed E-state index contributed by atoms with van der Waals surface area (Å²) in [7, 11) is 0. The number of amides is 2. The largest absolute Gasteiger partial charge is 0.484 e. The van der Waals surface area contributed by atoms with Crippen molar-refractivity contribution in [3.8, 4) is 5.75 Å². The van der Waals surface area contributed by atoms with Gasteiger partial charge in [-0.1, -0.05) is 54.2 Å². The highest BCUT2D eigenvalue weighted by Crippen LogP contribution is 2.48. The molecule has 0 radical (unpaired) electrons. The number of para-hydroxylation sites is 3. The zero-order chi connectivity index (χ0) is 24.9. The molecule has 0 saturated carbocycles. The number of thioether (sulfide) groups is 1. The van der Waals surface area contributed by atoms with Crippen LogP contribution in [0.1, 0.15) is 6.92 Å². The van der Waals surface area contributed by atoms with E-state index < -0.39 is 0 Å². The van der Waals surface area contributed by atoms with Gasteiger partial charge in [-0.25, -0.2) is 0 Å². The number of fused-ring (bicyclic) bond motifs is 2. The maximum Gasteiger partial charge on any atom is 0.262 e. The lowest BCUT2D eigenvalue weighted by atomic mass is 10.2. The number of hydrogen-bond acceptors (Lipinski definition) is 5. The fraction of sp³-hybridized carbons (Fsp3) is 0.103. The maximum atomic E-state index is 13.7. The van der Waals surface area contributed by atoms with Crippen LogP contribution in [0.3, 0.4) is 0 Å². The monoisotopic (exact) mass is 512 g/mol. The lowest BCUT2D eigenvalue weighted by Gasteiger charge is -2.32. The molecule has 36 heavy (non-hydrogen) atoms. The minimum Gasteiger partial charge on any atom is -0.484 e. The molecule has 2 amide bonds. The summed E-state index contributed by atoms with van der Waals surface area (Å²) in [6, 6.07) is 32.7. The highest BCUT2D eigenvalue weighted by Gasteiger charge is 2.31. The first kappa shape index (κ1) is 24.0. The fourth-order valence-electron chi connectivity index (χ4n) is 3.86. The number of benzene rings is 4. The van der Waals surface area contributed by atoms with Crippen LogP contribution in [0.25, 0.3) is 0 Å². The molecule has 0 bridgehead atoms. The Hall–Kier alpha value is -3.68. The molecule has 1 aliphatic rings. The number of rotatable bonds is 7. The first-order valence-corrected chi connectivity index (χ1v) is 13.2. The SMILES string of the molecule is CC(Sc1ccc(NC(=O)COc2ccccc2)cc1)C(=O)N1c2ccccc2Sc2ccccc21. The third kappa shape index (κ3) is 5.42. The number of anilines is 3. The van der Waals surface area contributed by atoms with Crippen molar-refractivity contribution in [2.45, 2.75) is 26.9 Å². The summed E-state index contributed by atoms with van der Waals surface area (Å²) in [5.41, 5.74) is 2.50. The van der Waals surface area contributed by atoms with Gasteiger partial charge in [-0.05, 0) is 67.6 Å². The predicted molar refractivity (Wildman–Crippen MR) is 146 cm³/mol. The quantitative estimate of drug-likeness (QED) is 0.270. The predicted octanol–water partition coefficient (Wildman–Crippen LogP) is 7.01. The summed E-state index contributed by atoms with van der Waals surface area (Å²) in [4.78, 5) is 30.8. The van der Waals surface area contributed by atoms with Gasteiger partial charge < -0.3 is 10.1 Å². The molecular weight excluding hydrogens is 488 g/mol. The van der Waals surface area contributed by atoms with Crippen LogP contribution >= 0.6 is 23.5 Å². The Bertz CT molecular complexity index is 1330. The Labute approximate surface area is 218 Å². The van der Waals surface area contributed by atoms with E-state index in [1.54, 1.807) is 11.8 Å². The van der Waals surface area contributed by atoms with Crippen molar-refractivity contribution in [1.29, 1.82) is 0 Å². The van der Waals surface area contributed by atoms with E-state index in [1.807, 2.05) is 115 Å². The molecule has 1 N–H and O–H groups in total. The van der Waals surface area contributed by atoms with Gasteiger partial charge in [0.15, 0.2) is 6.61 Å². The van der Waals surface area contributed by atoms with E-state index in [0.717, 1.165) is 26.1 Å². The molecule has 0 aromatic heterocycles. The van der Waals surface area contributed by atoms with Crippen LogP contribution in [-0.2, 0) is 9.59 Å². The summed E-state index contributed by atoms with van der Waals surface area (Å²) in [6.45, 7) is 1.86. The molecule has 1 unspecified atom stereocenters. The lowest BCUT2D eigenvalue weighted by molar-refractivity contribution is -0.118. The summed E-state index contributed by atoms with van der Waals surface area (Å²) in [6.07, 6.45) is 0. The van der Waals surface area contributed by atoms with Crippen molar-refractivity contribution in [3.05, 3.63) is 103 Å². The van der Waals surface area contributed by atoms with Gasteiger partial charge in [-0.2, -0.15) is 0 Å². The van der Waals surface area contributed by atoms with Crippen molar-refractivity contribution in [1.82, 2.24) is 0 Å². The van der Waals surface area contributed by atoms with Crippen LogP contribution in [0.2, 0.25) is 0 Å². The molecule has 4 aromatic carbocycles. The topological polar surface area (TPSA) is 58.6 Å². The summed E-state index contributed by atoms with van der Waals surface area (Å²) >= 11 is 3.18. The minimum atomic E-state index is -0.311.